The third-order valence-corrected chi connectivity index (χ3v) is 10.0. The van der Waals surface area contributed by atoms with Gasteiger partial charge in [-0.25, -0.2) is 19.7 Å². The van der Waals surface area contributed by atoms with Crippen LogP contribution in [0, 0.1) is 12.3 Å². The van der Waals surface area contributed by atoms with Gasteiger partial charge in [-0.05, 0) is 85.4 Å². The number of aromatic amines is 1. The minimum Gasteiger partial charge on any atom is -0.491 e. The summed E-state index contributed by atoms with van der Waals surface area (Å²) in [5.41, 5.74) is 8.85. The van der Waals surface area contributed by atoms with Crippen molar-refractivity contribution < 1.29 is 14.3 Å². The van der Waals surface area contributed by atoms with Gasteiger partial charge in [-0.3, -0.25) is 4.90 Å². The highest BCUT2D eigenvalue weighted by Gasteiger charge is 2.37. The van der Waals surface area contributed by atoms with Crippen LogP contribution in [0.5, 0.6) is 5.75 Å². The second kappa shape index (κ2) is 12.3. The molecule has 0 radical (unpaired) electrons. The molecule has 9 nitrogen and oxygen atoms in total. The molecule has 0 spiro atoms. The Balaban J connectivity index is 1.12. The zero-order valence-electron chi connectivity index (χ0n) is 28.0. The van der Waals surface area contributed by atoms with Crippen LogP contribution in [0.15, 0.2) is 66.7 Å². The molecule has 9 heteroatoms. The number of hydrogen-bond acceptors (Lipinski definition) is 7. The van der Waals surface area contributed by atoms with Crippen molar-refractivity contribution in [3.05, 3.63) is 101 Å². The number of ether oxygens (including phenoxy) is 2. The second-order valence-corrected chi connectivity index (χ2v) is 14.2. The Kier molecular flexibility index (Phi) is 7.77. The van der Waals surface area contributed by atoms with Gasteiger partial charge >= 0.3 is 6.09 Å². The predicted octanol–water partition coefficient (Wildman–Crippen LogP) is 7.72. The van der Waals surface area contributed by atoms with E-state index < -0.39 is 0 Å². The van der Waals surface area contributed by atoms with Gasteiger partial charge in [-0.15, -0.1) is 0 Å². The SMILES string of the molecule is Cc1nc2cc(-c3ccc4c(c3)CN(c3nc([C@@H]5CCCN5C(=O)OCc5ccccc5)nc5c3CC(C)(C)CC5)CCO4)ccc2[nH]1. The first-order chi connectivity index (χ1) is 23.3. The molecule has 1 saturated heterocycles. The number of H-pyrrole nitrogens is 1. The minimum atomic E-state index is -0.307. The average Bonchev–Trinajstić information content (AvgIpc) is 3.67. The highest BCUT2D eigenvalue weighted by Crippen LogP contribution is 2.41. The van der Waals surface area contributed by atoms with Gasteiger partial charge in [-0.1, -0.05) is 56.3 Å². The molecule has 4 heterocycles. The summed E-state index contributed by atoms with van der Waals surface area (Å²) in [5, 5.41) is 0. The molecule has 0 saturated carbocycles. The van der Waals surface area contributed by atoms with E-state index in [1.807, 2.05) is 42.2 Å². The maximum absolute atomic E-state index is 13.4. The van der Waals surface area contributed by atoms with Crippen molar-refractivity contribution in [2.75, 3.05) is 24.6 Å². The smallest absolute Gasteiger partial charge is 0.410 e. The number of imidazole rings is 1. The average molecular weight is 643 g/mol. The summed E-state index contributed by atoms with van der Waals surface area (Å²) in [4.78, 5) is 36.1. The number of likely N-dealkylation sites (tertiary alicyclic amines) is 1. The summed E-state index contributed by atoms with van der Waals surface area (Å²) in [6, 6.07) is 22.5. The first-order valence-corrected chi connectivity index (χ1v) is 17.1. The lowest BCUT2D eigenvalue weighted by Gasteiger charge is -2.35. The van der Waals surface area contributed by atoms with E-state index in [1.54, 1.807) is 0 Å². The van der Waals surface area contributed by atoms with Crippen LogP contribution in [0.2, 0.25) is 0 Å². The Morgan fingerprint density at radius 3 is 2.73 bits per heavy atom. The molecule has 2 aromatic heterocycles. The van der Waals surface area contributed by atoms with Gasteiger partial charge in [0.05, 0.1) is 23.6 Å². The maximum atomic E-state index is 13.4. The van der Waals surface area contributed by atoms with Gasteiger partial charge in [0.25, 0.3) is 0 Å². The number of carbonyl (C=O) groups is 1. The zero-order valence-corrected chi connectivity index (χ0v) is 28.0. The Labute approximate surface area is 281 Å². The van der Waals surface area contributed by atoms with Crippen LogP contribution < -0.4 is 9.64 Å². The number of hydrogen-bond donors (Lipinski definition) is 1. The van der Waals surface area contributed by atoms with E-state index in [4.69, 9.17) is 19.4 Å². The van der Waals surface area contributed by atoms with Crippen LogP contribution in [0.4, 0.5) is 10.6 Å². The number of rotatable bonds is 5. The third kappa shape index (κ3) is 5.98. The number of fused-ring (bicyclic) bond motifs is 3. The fourth-order valence-electron chi connectivity index (χ4n) is 7.48. The van der Waals surface area contributed by atoms with Gasteiger partial charge in [0.1, 0.15) is 30.6 Å². The number of carbonyl (C=O) groups excluding carboxylic acids is 1. The van der Waals surface area contributed by atoms with Gasteiger partial charge < -0.3 is 19.4 Å². The molecular formula is C39H42N6O3. The van der Waals surface area contributed by atoms with Crippen molar-refractivity contribution in [1.29, 1.82) is 0 Å². The number of benzene rings is 3. The molecule has 0 unspecified atom stereocenters. The van der Waals surface area contributed by atoms with Crippen molar-refractivity contribution in [3.8, 4) is 16.9 Å². The van der Waals surface area contributed by atoms with Crippen LogP contribution in [-0.4, -0.2) is 50.6 Å². The molecule has 1 atom stereocenters. The Hall–Kier alpha value is -4.92. The molecule has 0 bridgehead atoms. The van der Waals surface area contributed by atoms with Crippen LogP contribution in [0.3, 0.4) is 0 Å². The standard InChI is InChI=1S/C39H42N6O3/c1-25-40-32-13-11-28(21-33(32)41-25)27-12-14-35-29(20-27)23-44(18-19-47-35)37-30-22-39(2,3)16-15-31(30)42-36(43-37)34-10-7-17-45(34)38(46)48-24-26-8-5-4-6-9-26/h4-6,8-9,11-14,20-21,34H,7,10,15-19,22-24H2,1-3H3,(H,40,41)/t34-/m0/s1. The van der Waals surface area contributed by atoms with Gasteiger partial charge in [0.15, 0.2) is 5.82 Å². The molecular weight excluding hydrogens is 600 g/mol. The first-order valence-electron chi connectivity index (χ1n) is 17.1. The lowest BCUT2D eigenvalue weighted by molar-refractivity contribution is 0.0908. The summed E-state index contributed by atoms with van der Waals surface area (Å²) in [7, 11) is 0. The number of amides is 1. The van der Waals surface area contributed by atoms with E-state index in [0.717, 1.165) is 94.3 Å². The molecule has 246 valence electrons. The number of nitrogens with zero attached hydrogens (tertiary/aromatic N) is 5. The Morgan fingerprint density at radius 1 is 1.02 bits per heavy atom. The normalized spacial score (nSPS) is 18.6. The highest BCUT2D eigenvalue weighted by atomic mass is 16.6. The molecule has 48 heavy (non-hydrogen) atoms. The summed E-state index contributed by atoms with van der Waals surface area (Å²) < 4.78 is 12.1. The Morgan fingerprint density at radius 2 is 1.85 bits per heavy atom. The van der Waals surface area contributed by atoms with Crippen LogP contribution in [0.1, 0.15) is 73.2 Å². The van der Waals surface area contributed by atoms with E-state index in [0.29, 0.717) is 26.2 Å². The predicted molar refractivity (Wildman–Crippen MR) is 186 cm³/mol. The fourth-order valence-corrected chi connectivity index (χ4v) is 7.48. The quantitative estimate of drug-likeness (QED) is 0.210. The van der Waals surface area contributed by atoms with Crippen molar-refractivity contribution in [2.24, 2.45) is 5.41 Å². The van der Waals surface area contributed by atoms with Crippen LogP contribution in [0.25, 0.3) is 22.2 Å². The molecule has 1 N–H and O–H groups in total. The summed E-state index contributed by atoms with van der Waals surface area (Å²) >= 11 is 0. The van der Waals surface area contributed by atoms with E-state index in [-0.39, 0.29) is 24.2 Å². The van der Waals surface area contributed by atoms with Crippen molar-refractivity contribution in [2.45, 2.75) is 72.1 Å². The van der Waals surface area contributed by atoms with Gasteiger partial charge in [-0.2, -0.15) is 0 Å². The lowest BCUT2D eigenvalue weighted by Crippen LogP contribution is -2.35. The number of nitrogens with one attached hydrogen (secondary N) is 1. The van der Waals surface area contributed by atoms with E-state index in [2.05, 4.69) is 65.1 Å². The lowest BCUT2D eigenvalue weighted by atomic mass is 9.76. The maximum Gasteiger partial charge on any atom is 0.410 e. The van der Waals surface area contributed by atoms with Crippen LogP contribution >= 0.6 is 0 Å². The van der Waals surface area contributed by atoms with E-state index in [1.165, 1.54) is 5.56 Å². The van der Waals surface area contributed by atoms with Gasteiger partial charge in [0, 0.05) is 29.9 Å². The summed E-state index contributed by atoms with van der Waals surface area (Å²) in [6.07, 6.45) is 4.29. The van der Waals surface area contributed by atoms with E-state index >= 15 is 0 Å². The molecule has 2 aliphatic heterocycles. The molecule has 1 amide bonds. The van der Waals surface area contributed by atoms with Gasteiger partial charge in [0.2, 0.25) is 0 Å². The molecule has 3 aromatic carbocycles. The molecule has 5 aromatic rings. The second-order valence-electron chi connectivity index (χ2n) is 14.2. The van der Waals surface area contributed by atoms with Crippen molar-refractivity contribution in [1.82, 2.24) is 24.8 Å². The Bertz CT molecular complexity index is 1990. The number of aromatic nitrogens is 4. The van der Waals surface area contributed by atoms with E-state index in [9.17, 15) is 4.79 Å². The fraction of sp³-hybridized carbons (Fsp3) is 0.385. The minimum absolute atomic E-state index is 0.157. The van der Waals surface area contributed by atoms with Crippen molar-refractivity contribution >= 4 is 22.9 Å². The largest absolute Gasteiger partial charge is 0.491 e. The molecule has 3 aliphatic rings. The van der Waals surface area contributed by atoms with Crippen molar-refractivity contribution in [3.63, 3.8) is 0 Å². The first kappa shape index (κ1) is 30.4. The monoisotopic (exact) mass is 642 g/mol. The topological polar surface area (TPSA) is 96.5 Å². The molecule has 8 rings (SSSR count). The molecule has 1 fully saturated rings. The highest BCUT2D eigenvalue weighted by molar-refractivity contribution is 5.82. The number of anilines is 1. The number of aryl methyl sites for hydroxylation is 2. The summed E-state index contributed by atoms with van der Waals surface area (Å²) in [6.45, 7) is 9.47. The van der Waals surface area contributed by atoms with Crippen LogP contribution in [-0.2, 0) is 30.7 Å². The third-order valence-electron chi connectivity index (χ3n) is 10.0. The summed E-state index contributed by atoms with van der Waals surface area (Å²) in [5.74, 6) is 3.51. The zero-order chi connectivity index (χ0) is 32.8. The molecule has 1 aliphatic carbocycles.